The van der Waals surface area contributed by atoms with E-state index in [2.05, 4.69) is 16.0 Å². The fourth-order valence-corrected chi connectivity index (χ4v) is 2.86. The molecule has 0 spiro atoms. The molecule has 1 atom stereocenters. The standard InChI is InChI=1S/C15H24N2O2/c1-10(2)16-15(19)7-8-17-11(3)9-12-13(17)5-4-6-14(12)18/h9-10,14,18H,4-8H2,1-3H3,(H,16,19). The Kier molecular flexibility index (Phi) is 4.30. The van der Waals surface area contributed by atoms with Gasteiger partial charge in [0.2, 0.25) is 5.91 Å². The largest absolute Gasteiger partial charge is 0.388 e. The monoisotopic (exact) mass is 264 g/mol. The number of aryl methyl sites for hydroxylation is 1. The molecule has 2 N–H and O–H groups in total. The zero-order chi connectivity index (χ0) is 14.0. The smallest absolute Gasteiger partial charge is 0.221 e. The van der Waals surface area contributed by atoms with Crippen LogP contribution in [0.4, 0.5) is 0 Å². The van der Waals surface area contributed by atoms with Crippen molar-refractivity contribution in [3.63, 3.8) is 0 Å². The van der Waals surface area contributed by atoms with Crippen molar-refractivity contribution < 1.29 is 9.90 Å². The normalized spacial score (nSPS) is 18.5. The highest BCUT2D eigenvalue weighted by Crippen LogP contribution is 2.32. The molecule has 0 bridgehead atoms. The van der Waals surface area contributed by atoms with Gasteiger partial charge in [0, 0.05) is 36.0 Å². The number of hydrogen-bond acceptors (Lipinski definition) is 2. The van der Waals surface area contributed by atoms with E-state index in [9.17, 15) is 9.90 Å². The maximum absolute atomic E-state index is 11.7. The van der Waals surface area contributed by atoms with E-state index in [1.54, 1.807) is 0 Å². The summed E-state index contributed by atoms with van der Waals surface area (Å²) in [6.45, 7) is 6.69. The van der Waals surface area contributed by atoms with Gasteiger partial charge in [0.15, 0.2) is 0 Å². The predicted molar refractivity (Wildman–Crippen MR) is 75.0 cm³/mol. The highest BCUT2D eigenvalue weighted by atomic mass is 16.3. The molecule has 1 aromatic heterocycles. The quantitative estimate of drug-likeness (QED) is 0.875. The van der Waals surface area contributed by atoms with Crippen molar-refractivity contribution in [2.75, 3.05) is 0 Å². The van der Waals surface area contributed by atoms with Gasteiger partial charge in [0.05, 0.1) is 6.10 Å². The summed E-state index contributed by atoms with van der Waals surface area (Å²) in [5.74, 6) is 0.0909. The molecule has 4 nitrogen and oxygen atoms in total. The first kappa shape index (κ1) is 14.1. The van der Waals surface area contributed by atoms with Gasteiger partial charge in [-0.3, -0.25) is 4.79 Å². The summed E-state index contributed by atoms with van der Waals surface area (Å²) in [6.07, 6.45) is 3.05. The van der Waals surface area contributed by atoms with Crippen molar-refractivity contribution in [3.8, 4) is 0 Å². The lowest BCUT2D eigenvalue weighted by molar-refractivity contribution is -0.121. The van der Waals surface area contributed by atoms with Gasteiger partial charge in [-0.2, -0.15) is 0 Å². The third-order valence-corrected chi connectivity index (χ3v) is 3.71. The SMILES string of the molecule is Cc1cc2c(n1CCC(=O)NC(C)C)CCCC2O. The van der Waals surface area contributed by atoms with Crippen LogP contribution in [0.2, 0.25) is 0 Å². The number of amides is 1. The molecule has 0 fully saturated rings. The molecule has 2 rings (SSSR count). The maximum Gasteiger partial charge on any atom is 0.221 e. The third kappa shape index (κ3) is 3.18. The number of hydrogen-bond donors (Lipinski definition) is 2. The van der Waals surface area contributed by atoms with Gasteiger partial charge < -0.3 is 15.0 Å². The van der Waals surface area contributed by atoms with Crippen molar-refractivity contribution in [1.29, 1.82) is 0 Å². The van der Waals surface area contributed by atoms with Crippen LogP contribution in [0, 0.1) is 6.92 Å². The van der Waals surface area contributed by atoms with Crippen molar-refractivity contribution >= 4 is 5.91 Å². The molecule has 4 heteroatoms. The molecular weight excluding hydrogens is 240 g/mol. The number of carbonyl (C=O) groups is 1. The Morgan fingerprint density at radius 1 is 1.58 bits per heavy atom. The molecule has 0 aliphatic heterocycles. The van der Waals surface area contributed by atoms with E-state index in [4.69, 9.17) is 0 Å². The number of rotatable bonds is 4. The first-order valence-corrected chi connectivity index (χ1v) is 7.15. The van der Waals surface area contributed by atoms with Crippen LogP contribution in [0.1, 0.15) is 56.2 Å². The van der Waals surface area contributed by atoms with Crippen LogP contribution in [0.5, 0.6) is 0 Å². The van der Waals surface area contributed by atoms with Gasteiger partial charge >= 0.3 is 0 Å². The third-order valence-electron chi connectivity index (χ3n) is 3.71. The molecule has 0 saturated carbocycles. The van der Waals surface area contributed by atoms with Gasteiger partial charge in [-0.05, 0) is 46.1 Å². The van der Waals surface area contributed by atoms with Crippen molar-refractivity contribution in [1.82, 2.24) is 9.88 Å². The minimum atomic E-state index is -0.326. The second-order valence-electron chi connectivity index (χ2n) is 5.72. The number of aliphatic hydroxyl groups is 1. The Hall–Kier alpha value is -1.29. The molecule has 1 unspecified atom stereocenters. The number of fused-ring (bicyclic) bond motifs is 1. The Bertz CT molecular complexity index is 463. The van der Waals surface area contributed by atoms with Crippen LogP contribution in [0.3, 0.4) is 0 Å². The second kappa shape index (κ2) is 5.78. The molecule has 1 heterocycles. The van der Waals surface area contributed by atoms with Crippen LogP contribution in [0.15, 0.2) is 6.07 Å². The molecule has 0 aromatic carbocycles. The van der Waals surface area contributed by atoms with E-state index < -0.39 is 0 Å². The maximum atomic E-state index is 11.7. The van der Waals surface area contributed by atoms with E-state index >= 15 is 0 Å². The van der Waals surface area contributed by atoms with E-state index in [1.807, 2.05) is 20.8 Å². The number of aromatic nitrogens is 1. The summed E-state index contributed by atoms with van der Waals surface area (Å²) >= 11 is 0. The Morgan fingerprint density at radius 2 is 2.32 bits per heavy atom. The average molecular weight is 264 g/mol. The van der Waals surface area contributed by atoms with Gasteiger partial charge in [0.25, 0.3) is 0 Å². The minimum Gasteiger partial charge on any atom is -0.388 e. The van der Waals surface area contributed by atoms with Crippen molar-refractivity contribution in [3.05, 3.63) is 23.0 Å². The van der Waals surface area contributed by atoms with Crippen LogP contribution >= 0.6 is 0 Å². The molecule has 1 aliphatic rings. The molecule has 0 saturated heterocycles. The van der Waals surface area contributed by atoms with Crippen LogP contribution in [0.25, 0.3) is 0 Å². The zero-order valence-electron chi connectivity index (χ0n) is 12.1. The summed E-state index contributed by atoms with van der Waals surface area (Å²) in [4.78, 5) is 11.7. The van der Waals surface area contributed by atoms with Crippen LogP contribution < -0.4 is 5.32 Å². The molecular formula is C15H24N2O2. The lowest BCUT2D eigenvalue weighted by Crippen LogP contribution is -2.31. The van der Waals surface area contributed by atoms with E-state index in [0.29, 0.717) is 13.0 Å². The topological polar surface area (TPSA) is 54.3 Å². The van der Waals surface area contributed by atoms with E-state index in [-0.39, 0.29) is 18.1 Å². The summed E-state index contributed by atoms with van der Waals surface area (Å²) in [6, 6.07) is 2.26. The highest BCUT2D eigenvalue weighted by molar-refractivity contribution is 5.76. The first-order chi connectivity index (χ1) is 8.99. The average Bonchev–Trinajstić information content (AvgIpc) is 2.63. The Morgan fingerprint density at radius 3 is 3.00 bits per heavy atom. The van der Waals surface area contributed by atoms with Crippen LogP contribution in [-0.4, -0.2) is 21.6 Å². The van der Waals surface area contributed by atoms with Crippen LogP contribution in [-0.2, 0) is 17.8 Å². The van der Waals surface area contributed by atoms with Gasteiger partial charge in [-0.15, -0.1) is 0 Å². The molecule has 1 aliphatic carbocycles. The molecule has 19 heavy (non-hydrogen) atoms. The predicted octanol–water partition coefficient (Wildman–Crippen LogP) is 2.08. The van der Waals surface area contributed by atoms with E-state index in [1.165, 1.54) is 5.69 Å². The Balaban J connectivity index is 2.07. The lowest BCUT2D eigenvalue weighted by atomic mass is 9.95. The number of carbonyl (C=O) groups excluding carboxylic acids is 1. The summed E-state index contributed by atoms with van der Waals surface area (Å²) in [5.41, 5.74) is 3.42. The summed E-state index contributed by atoms with van der Waals surface area (Å²) in [7, 11) is 0. The molecule has 1 aromatic rings. The molecule has 106 valence electrons. The summed E-state index contributed by atoms with van der Waals surface area (Å²) in [5, 5.41) is 12.9. The van der Waals surface area contributed by atoms with Gasteiger partial charge in [-0.1, -0.05) is 0 Å². The minimum absolute atomic E-state index is 0.0909. The molecule has 0 radical (unpaired) electrons. The van der Waals surface area contributed by atoms with Crippen molar-refractivity contribution in [2.45, 2.75) is 65.1 Å². The number of aliphatic hydroxyl groups excluding tert-OH is 1. The Labute approximate surface area is 114 Å². The highest BCUT2D eigenvalue weighted by Gasteiger charge is 2.23. The number of nitrogens with zero attached hydrogens (tertiary/aromatic N) is 1. The zero-order valence-corrected chi connectivity index (χ0v) is 12.1. The van der Waals surface area contributed by atoms with Gasteiger partial charge in [0.1, 0.15) is 0 Å². The fourth-order valence-electron chi connectivity index (χ4n) is 2.86. The van der Waals surface area contributed by atoms with Crippen molar-refractivity contribution in [2.24, 2.45) is 0 Å². The van der Waals surface area contributed by atoms with Gasteiger partial charge in [-0.25, -0.2) is 0 Å². The fraction of sp³-hybridized carbons (Fsp3) is 0.667. The van der Waals surface area contributed by atoms with E-state index in [0.717, 1.165) is 30.5 Å². The molecule has 1 amide bonds. The summed E-state index contributed by atoms with van der Waals surface area (Å²) < 4.78 is 2.19. The number of nitrogens with one attached hydrogen (secondary N) is 1. The lowest BCUT2D eigenvalue weighted by Gasteiger charge is -2.20. The first-order valence-electron chi connectivity index (χ1n) is 7.15. The second-order valence-corrected chi connectivity index (χ2v) is 5.72.